The summed E-state index contributed by atoms with van der Waals surface area (Å²) in [4.78, 5) is 23.5. The number of aryl methyl sites for hydroxylation is 1. The van der Waals surface area contributed by atoms with Crippen LogP contribution in [0.3, 0.4) is 0 Å². The summed E-state index contributed by atoms with van der Waals surface area (Å²) in [6.07, 6.45) is 0.614. The van der Waals surface area contributed by atoms with E-state index in [1.807, 2.05) is 22.8 Å². The first-order valence-corrected chi connectivity index (χ1v) is 7.15. The van der Waals surface area contributed by atoms with E-state index < -0.39 is 12.0 Å². The molecule has 0 aliphatic heterocycles. The van der Waals surface area contributed by atoms with Gasteiger partial charge < -0.3 is 5.11 Å². The van der Waals surface area contributed by atoms with Crippen LogP contribution in [0.25, 0.3) is 15.7 Å². The van der Waals surface area contributed by atoms with Gasteiger partial charge in [-0.3, -0.25) is 9.20 Å². The summed E-state index contributed by atoms with van der Waals surface area (Å²) in [5, 5.41) is 15.3. The Labute approximate surface area is 117 Å². The number of carboxylic acid groups (broad SMARTS) is 1. The van der Waals surface area contributed by atoms with Crippen LogP contribution in [0.2, 0.25) is 0 Å². The van der Waals surface area contributed by atoms with E-state index in [0.29, 0.717) is 17.8 Å². The first kappa shape index (κ1) is 12.9. The highest BCUT2D eigenvalue weighted by atomic mass is 32.1. The molecule has 0 spiro atoms. The van der Waals surface area contributed by atoms with Crippen molar-refractivity contribution in [3.05, 3.63) is 33.7 Å². The van der Waals surface area contributed by atoms with Crippen LogP contribution in [0.1, 0.15) is 25.7 Å². The molecule has 0 aromatic carbocycles. The fraction of sp³-hybridized carbons (Fsp3) is 0.308. The van der Waals surface area contributed by atoms with Gasteiger partial charge in [-0.1, -0.05) is 6.92 Å². The van der Waals surface area contributed by atoms with Gasteiger partial charge in [-0.15, -0.1) is 11.3 Å². The number of aliphatic carboxylic acids is 1. The van der Waals surface area contributed by atoms with Crippen molar-refractivity contribution in [2.24, 2.45) is 0 Å². The molecular formula is C13H13N3O3S. The Hall–Kier alpha value is -2.15. The molecule has 0 radical (unpaired) electrons. The molecule has 3 heterocycles. The van der Waals surface area contributed by atoms with Gasteiger partial charge in [-0.2, -0.15) is 5.10 Å². The normalized spacial score (nSPS) is 13.1. The molecule has 3 aromatic rings. The Balaban J connectivity index is 2.44. The van der Waals surface area contributed by atoms with Gasteiger partial charge in [0, 0.05) is 6.42 Å². The number of carbonyl (C=O) groups is 1. The quantitative estimate of drug-likeness (QED) is 0.800. The standard InChI is InChI=1S/C13H13N3O3S/c1-3-11-14-16(7(2)13(18)19)12(17)9-6-10-8(15(9)11)4-5-20-10/h4-7H,3H2,1-2H3,(H,18,19)/t7-/m0/s1. The predicted octanol–water partition coefficient (Wildman–Crippen LogP) is 1.92. The first-order valence-electron chi connectivity index (χ1n) is 6.27. The number of hydrogen-bond acceptors (Lipinski definition) is 4. The molecule has 104 valence electrons. The van der Waals surface area contributed by atoms with Crippen LogP contribution in [0, 0.1) is 0 Å². The van der Waals surface area contributed by atoms with E-state index in [9.17, 15) is 9.59 Å². The highest BCUT2D eigenvalue weighted by Gasteiger charge is 2.20. The van der Waals surface area contributed by atoms with Gasteiger partial charge in [0.2, 0.25) is 0 Å². The lowest BCUT2D eigenvalue weighted by Crippen LogP contribution is -2.32. The second-order valence-corrected chi connectivity index (χ2v) is 5.52. The molecule has 0 unspecified atom stereocenters. The molecule has 3 rings (SSSR count). The SMILES string of the molecule is CCc1nn([C@@H](C)C(=O)O)c(=O)c2cc3sccc3n12. The molecule has 1 atom stereocenters. The van der Waals surface area contributed by atoms with Crippen LogP contribution >= 0.6 is 11.3 Å². The summed E-state index contributed by atoms with van der Waals surface area (Å²) >= 11 is 1.55. The zero-order chi connectivity index (χ0) is 14.4. The van der Waals surface area contributed by atoms with Crippen LogP contribution in [0.15, 0.2) is 22.3 Å². The topological polar surface area (TPSA) is 76.6 Å². The Bertz CT molecular complexity index is 874. The number of thiophene rings is 1. The average molecular weight is 291 g/mol. The molecular weight excluding hydrogens is 278 g/mol. The summed E-state index contributed by atoms with van der Waals surface area (Å²) in [7, 11) is 0. The molecule has 0 saturated heterocycles. The van der Waals surface area contributed by atoms with E-state index in [4.69, 9.17) is 5.11 Å². The van der Waals surface area contributed by atoms with E-state index in [2.05, 4.69) is 5.10 Å². The summed E-state index contributed by atoms with van der Waals surface area (Å²) < 4.78 is 3.87. The number of carboxylic acids is 1. The largest absolute Gasteiger partial charge is 0.480 e. The lowest BCUT2D eigenvalue weighted by molar-refractivity contribution is -0.140. The summed E-state index contributed by atoms with van der Waals surface area (Å²) in [6.45, 7) is 3.39. The molecule has 7 heteroatoms. The second-order valence-electron chi connectivity index (χ2n) is 4.57. The lowest BCUT2D eigenvalue weighted by Gasteiger charge is -2.12. The minimum absolute atomic E-state index is 0.375. The first-order chi connectivity index (χ1) is 9.54. The predicted molar refractivity (Wildman–Crippen MR) is 76.6 cm³/mol. The minimum Gasteiger partial charge on any atom is -0.480 e. The van der Waals surface area contributed by atoms with Crippen molar-refractivity contribution in [2.45, 2.75) is 26.3 Å². The molecule has 20 heavy (non-hydrogen) atoms. The van der Waals surface area contributed by atoms with Gasteiger partial charge in [0.1, 0.15) is 11.3 Å². The van der Waals surface area contributed by atoms with Gasteiger partial charge in [-0.05, 0) is 24.4 Å². The molecule has 1 N–H and O–H groups in total. The van der Waals surface area contributed by atoms with E-state index in [-0.39, 0.29) is 5.56 Å². The maximum atomic E-state index is 12.4. The fourth-order valence-electron chi connectivity index (χ4n) is 2.29. The second kappa shape index (κ2) is 4.45. The molecule has 0 fully saturated rings. The number of hydrogen-bond donors (Lipinski definition) is 1. The van der Waals surface area contributed by atoms with E-state index >= 15 is 0 Å². The summed E-state index contributed by atoms with van der Waals surface area (Å²) in [5.41, 5.74) is 1.05. The Morgan fingerprint density at radius 1 is 1.50 bits per heavy atom. The number of fused-ring (bicyclic) bond motifs is 3. The van der Waals surface area contributed by atoms with Gasteiger partial charge in [0.25, 0.3) is 5.56 Å². The molecule has 0 bridgehead atoms. The summed E-state index contributed by atoms with van der Waals surface area (Å²) in [5.74, 6) is -0.388. The van der Waals surface area contributed by atoms with Crippen molar-refractivity contribution in [3.63, 3.8) is 0 Å². The Morgan fingerprint density at radius 2 is 2.25 bits per heavy atom. The van der Waals surface area contributed by atoms with Crippen LogP contribution in [-0.2, 0) is 11.2 Å². The van der Waals surface area contributed by atoms with Crippen LogP contribution in [0.5, 0.6) is 0 Å². The third-order valence-electron chi connectivity index (χ3n) is 3.37. The van der Waals surface area contributed by atoms with Crippen molar-refractivity contribution in [1.82, 2.24) is 14.2 Å². The van der Waals surface area contributed by atoms with Crippen molar-refractivity contribution in [2.75, 3.05) is 0 Å². The lowest BCUT2D eigenvalue weighted by atomic mass is 10.3. The van der Waals surface area contributed by atoms with Gasteiger partial charge in [0.05, 0.1) is 10.2 Å². The molecule has 0 amide bonds. The molecule has 0 aliphatic carbocycles. The van der Waals surface area contributed by atoms with Crippen molar-refractivity contribution >= 4 is 33.0 Å². The number of aromatic nitrogens is 3. The minimum atomic E-state index is -1.07. The fourth-order valence-corrected chi connectivity index (χ4v) is 3.09. The highest BCUT2D eigenvalue weighted by molar-refractivity contribution is 7.17. The summed E-state index contributed by atoms with van der Waals surface area (Å²) in [6, 6.07) is 2.76. The molecule has 3 aromatic heterocycles. The van der Waals surface area contributed by atoms with Crippen molar-refractivity contribution in [3.8, 4) is 0 Å². The maximum Gasteiger partial charge on any atom is 0.328 e. The molecule has 6 nitrogen and oxygen atoms in total. The highest BCUT2D eigenvalue weighted by Crippen LogP contribution is 2.25. The van der Waals surface area contributed by atoms with E-state index in [1.54, 1.807) is 17.4 Å². The zero-order valence-electron chi connectivity index (χ0n) is 11.0. The van der Waals surface area contributed by atoms with Crippen molar-refractivity contribution < 1.29 is 9.90 Å². The molecule has 0 saturated carbocycles. The molecule has 0 aliphatic rings. The van der Waals surface area contributed by atoms with Crippen LogP contribution < -0.4 is 5.56 Å². The third kappa shape index (κ3) is 1.66. The third-order valence-corrected chi connectivity index (χ3v) is 4.23. The average Bonchev–Trinajstić information content (AvgIpc) is 2.99. The van der Waals surface area contributed by atoms with Crippen LogP contribution in [-0.4, -0.2) is 25.3 Å². The smallest absolute Gasteiger partial charge is 0.328 e. The monoisotopic (exact) mass is 291 g/mol. The number of rotatable bonds is 3. The van der Waals surface area contributed by atoms with Gasteiger partial charge >= 0.3 is 5.97 Å². The van der Waals surface area contributed by atoms with Gasteiger partial charge in [-0.25, -0.2) is 9.48 Å². The Morgan fingerprint density at radius 3 is 2.90 bits per heavy atom. The van der Waals surface area contributed by atoms with Gasteiger partial charge in [0.15, 0.2) is 6.04 Å². The van der Waals surface area contributed by atoms with E-state index in [0.717, 1.165) is 14.9 Å². The van der Waals surface area contributed by atoms with Crippen molar-refractivity contribution in [1.29, 1.82) is 0 Å². The van der Waals surface area contributed by atoms with E-state index in [1.165, 1.54) is 6.92 Å². The maximum absolute atomic E-state index is 12.4. The van der Waals surface area contributed by atoms with Crippen LogP contribution in [0.4, 0.5) is 0 Å². The Kier molecular flexibility index (Phi) is 2.86. The number of nitrogens with zero attached hydrogens (tertiary/aromatic N) is 3. The zero-order valence-corrected chi connectivity index (χ0v) is 11.8.